The molecular weight excluding hydrogens is 366 g/mol. The Morgan fingerprint density at radius 1 is 1.11 bits per heavy atom. The van der Waals surface area contributed by atoms with Crippen molar-refractivity contribution in [2.45, 2.75) is 25.8 Å². The van der Waals surface area contributed by atoms with E-state index in [4.69, 9.17) is 0 Å². The van der Waals surface area contributed by atoms with E-state index in [1.54, 1.807) is 0 Å². The predicted octanol–water partition coefficient (Wildman–Crippen LogP) is 5.62. The van der Waals surface area contributed by atoms with Gasteiger partial charge in [-0.05, 0) is 65.0 Å². The number of halogens is 2. The lowest BCUT2D eigenvalue weighted by molar-refractivity contribution is 0.761. The second-order valence-corrected chi connectivity index (χ2v) is 6.83. The lowest BCUT2D eigenvalue weighted by Gasteiger charge is -2.17. The van der Waals surface area contributed by atoms with Gasteiger partial charge in [0.15, 0.2) is 0 Å². The molecular formula is C16H15Br2N. The van der Waals surface area contributed by atoms with Crippen molar-refractivity contribution in [2.24, 2.45) is 0 Å². The second kappa shape index (κ2) is 5.29. The minimum atomic E-state index is 0.423. The highest BCUT2D eigenvalue weighted by Gasteiger charge is 2.22. The smallest absolute Gasteiger partial charge is 0.0520 e. The van der Waals surface area contributed by atoms with Crippen molar-refractivity contribution < 1.29 is 0 Å². The standard InChI is InChI=1S/C16H15Br2N/c1-10-2-3-11-4-6-15(13(11)8-10)19-16-7-5-12(17)9-14(16)18/h2-3,5,7-9,15,19H,4,6H2,1H3. The largest absolute Gasteiger partial charge is 0.377 e. The fourth-order valence-electron chi connectivity index (χ4n) is 2.67. The Kier molecular flexibility index (Phi) is 3.68. The van der Waals surface area contributed by atoms with Gasteiger partial charge in [-0.3, -0.25) is 0 Å². The van der Waals surface area contributed by atoms with Gasteiger partial charge >= 0.3 is 0 Å². The maximum atomic E-state index is 3.65. The molecule has 1 unspecified atom stereocenters. The molecule has 0 radical (unpaired) electrons. The van der Waals surface area contributed by atoms with Crippen molar-refractivity contribution in [2.75, 3.05) is 5.32 Å². The van der Waals surface area contributed by atoms with Crippen LogP contribution in [0.15, 0.2) is 45.3 Å². The first-order valence-corrected chi connectivity index (χ1v) is 8.03. The summed E-state index contributed by atoms with van der Waals surface area (Å²) in [5, 5.41) is 3.65. The van der Waals surface area contributed by atoms with Gasteiger partial charge in [0.25, 0.3) is 0 Å². The molecule has 3 rings (SSSR count). The summed E-state index contributed by atoms with van der Waals surface area (Å²) in [7, 11) is 0. The van der Waals surface area contributed by atoms with E-state index in [1.165, 1.54) is 29.5 Å². The van der Waals surface area contributed by atoms with Gasteiger partial charge in [-0.2, -0.15) is 0 Å². The van der Waals surface area contributed by atoms with Crippen LogP contribution in [0.1, 0.15) is 29.2 Å². The Hall–Kier alpha value is -0.800. The van der Waals surface area contributed by atoms with Gasteiger partial charge in [-0.15, -0.1) is 0 Å². The molecule has 1 aliphatic carbocycles. The molecule has 0 spiro atoms. The van der Waals surface area contributed by atoms with Crippen molar-refractivity contribution >= 4 is 37.5 Å². The van der Waals surface area contributed by atoms with Crippen LogP contribution >= 0.6 is 31.9 Å². The molecule has 0 aliphatic heterocycles. The first-order chi connectivity index (χ1) is 9.13. The number of hydrogen-bond donors (Lipinski definition) is 1. The number of benzene rings is 2. The third-order valence-electron chi connectivity index (χ3n) is 3.64. The van der Waals surface area contributed by atoms with Crippen LogP contribution in [0.3, 0.4) is 0 Å². The first-order valence-electron chi connectivity index (χ1n) is 6.44. The minimum absolute atomic E-state index is 0.423. The third-order valence-corrected chi connectivity index (χ3v) is 4.79. The maximum Gasteiger partial charge on any atom is 0.0520 e. The molecule has 0 saturated carbocycles. The van der Waals surface area contributed by atoms with Crippen molar-refractivity contribution in [1.29, 1.82) is 0 Å². The molecule has 19 heavy (non-hydrogen) atoms. The topological polar surface area (TPSA) is 12.0 Å². The first kappa shape index (κ1) is 13.2. The van der Waals surface area contributed by atoms with Crippen molar-refractivity contribution in [3.63, 3.8) is 0 Å². The number of anilines is 1. The second-order valence-electron chi connectivity index (χ2n) is 5.06. The average molecular weight is 381 g/mol. The molecule has 0 amide bonds. The number of fused-ring (bicyclic) bond motifs is 1. The van der Waals surface area contributed by atoms with E-state index in [0.717, 1.165) is 14.6 Å². The molecule has 0 heterocycles. The van der Waals surface area contributed by atoms with Crippen LogP contribution in [0, 0.1) is 6.92 Å². The zero-order valence-corrected chi connectivity index (χ0v) is 13.9. The van der Waals surface area contributed by atoms with Gasteiger partial charge in [0.2, 0.25) is 0 Å². The maximum absolute atomic E-state index is 3.65. The molecule has 98 valence electrons. The summed E-state index contributed by atoms with van der Waals surface area (Å²) >= 11 is 7.10. The van der Waals surface area contributed by atoms with Crippen LogP contribution in [0.2, 0.25) is 0 Å². The van der Waals surface area contributed by atoms with Gasteiger partial charge in [0.1, 0.15) is 0 Å². The minimum Gasteiger partial charge on any atom is -0.377 e. The molecule has 1 nitrogen and oxygen atoms in total. The molecule has 0 aromatic heterocycles. The lowest BCUT2D eigenvalue weighted by Crippen LogP contribution is -2.07. The van der Waals surface area contributed by atoms with E-state index in [1.807, 2.05) is 0 Å². The van der Waals surface area contributed by atoms with Crippen LogP contribution in [0.25, 0.3) is 0 Å². The van der Waals surface area contributed by atoms with Crippen LogP contribution in [-0.4, -0.2) is 0 Å². The highest BCUT2D eigenvalue weighted by molar-refractivity contribution is 9.11. The Morgan fingerprint density at radius 3 is 2.74 bits per heavy atom. The molecule has 1 atom stereocenters. The summed E-state index contributed by atoms with van der Waals surface area (Å²) in [5.41, 5.74) is 5.43. The molecule has 1 aliphatic rings. The van der Waals surface area contributed by atoms with Crippen LogP contribution < -0.4 is 5.32 Å². The number of nitrogens with one attached hydrogen (secondary N) is 1. The van der Waals surface area contributed by atoms with E-state index >= 15 is 0 Å². The molecule has 2 aromatic rings. The van der Waals surface area contributed by atoms with E-state index in [0.29, 0.717) is 6.04 Å². The summed E-state index contributed by atoms with van der Waals surface area (Å²) < 4.78 is 2.19. The summed E-state index contributed by atoms with van der Waals surface area (Å²) in [6, 6.07) is 13.5. The molecule has 0 bridgehead atoms. The van der Waals surface area contributed by atoms with Gasteiger partial charge in [-0.25, -0.2) is 0 Å². The van der Waals surface area contributed by atoms with Gasteiger partial charge < -0.3 is 5.32 Å². The Morgan fingerprint density at radius 2 is 1.95 bits per heavy atom. The fourth-order valence-corrected chi connectivity index (χ4v) is 3.83. The van der Waals surface area contributed by atoms with Crippen LogP contribution in [0.4, 0.5) is 5.69 Å². The fraction of sp³-hybridized carbons (Fsp3) is 0.250. The van der Waals surface area contributed by atoms with Crippen molar-refractivity contribution in [1.82, 2.24) is 0 Å². The van der Waals surface area contributed by atoms with E-state index < -0.39 is 0 Å². The molecule has 0 fully saturated rings. The Balaban J connectivity index is 1.88. The average Bonchev–Trinajstić information content (AvgIpc) is 2.75. The zero-order valence-electron chi connectivity index (χ0n) is 10.7. The lowest BCUT2D eigenvalue weighted by atomic mass is 10.0. The van der Waals surface area contributed by atoms with Crippen molar-refractivity contribution in [3.05, 3.63) is 62.0 Å². The van der Waals surface area contributed by atoms with Gasteiger partial charge in [-0.1, -0.05) is 39.7 Å². The third kappa shape index (κ3) is 2.72. The van der Waals surface area contributed by atoms with E-state index in [9.17, 15) is 0 Å². The Bertz CT molecular complexity index is 622. The molecule has 0 saturated heterocycles. The normalized spacial score (nSPS) is 17.3. The monoisotopic (exact) mass is 379 g/mol. The predicted molar refractivity (Wildman–Crippen MR) is 87.7 cm³/mol. The highest BCUT2D eigenvalue weighted by Crippen LogP contribution is 2.36. The van der Waals surface area contributed by atoms with Gasteiger partial charge in [0, 0.05) is 14.6 Å². The molecule has 3 heteroatoms. The number of rotatable bonds is 2. The summed E-state index contributed by atoms with van der Waals surface area (Å²) in [6.07, 6.45) is 2.34. The van der Waals surface area contributed by atoms with E-state index in [2.05, 4.69) is 80.5 Å². The molecule has 2 aromatic carbocycles. The number of hydrogen-bond acceptors (Lipinski definition) is 1. The summed E-state index contributed by atoms with van der Waals surface area (Å²) in [4.78, 5) is 0. The van der Waals surface area contributed by atoms with Gasteiger partial charge in [0.05, 0.1) is 6.04 Å². The number of aryl methyl sites for hydroxylation is 2. The highest BCUT2D eigenvalue weighted by atomic mass is 79.9. The summed E-state index contributed by atoms with van der Waals surface area (Å²) in [6.45, 7) is 2.16. The van der Waals surface area contributed by atoms with Crippen LogP contribution in [-0.2, 0) is 6.42 Å². The van der Waals surface area contributed by atoms with Crippen molar-refractivity contribution in [3.8, 4) is 0 Å². The van der Waals surface area contributed by atoms with Crippen LogP contribution in [0.5, 0.6) is 0 Å². The molecule has 1 N–H and O–H groups in total. The zero-order chi connectivity index (χ0) is 13.4. The summed E-state index contributed by atoms with van der Waals surface area (Å²) in [5.74, 6) is 0. The SMILES string of the molecule is Cc1ccc2c(c1)C(Nc1ccc(Br)cc1Br)CC2. The Labute approximate surface area is 130 Å². The quantitative estimate of drug-likeness (QED) is 0.712. The van der Waals surface area contributed by atoms with E-state index in [-0.39, 0.29) is 0 Å².